The number of carbonyl (C=O) groups is 3. The van der Waals surface area contributed by atoms with Crippen molar-refractivity contribution in [3.05, 3.63) is 28.8 Å². The number of ether oxygens (including phenoxy) is 3. The largest absolute Gasteiger partial charge is 0.486 e. The molecule has 0 radical (unpaired) electrons. The minimum absolute atomic E-state index is 0.0494. The molecule has 264 valence electrons. The van der Waals surface area contributed by atoms with Gasteiger partial charge in [0.2, 0.25) is 5.91 Å². The molecule has 0 unspecified atom stereocenters. The van der Waals surface area contributed by atoms with Crippen molar-refractivity contribution in [3.8, 4) is 5.75 Å². The second-order valence-electron chi connectivity index (χ2n) is 17.7. The quantitative estimate of drug-likeness (QED) is 0.244. The maximum atomic E-state index is 13.5. The maximum Gasteiger partial charge on any atom is 0.457 e. The van der Waals surface area contributed by atoms with Gasteiger partial charge in [0.05, 0.1) is 24.8 Å². The normalized spacial score (nSPS) is 28.2. The van der Waals surface area contributed by atoms with Crippen LogP contribution in [0, 0.1) is 30.1 Å². The second-order valence-corrected chi connectivity index (χ2v) is 17.7. The standard InChI is InChI=1S/C37H55BN2O8/c1-22-24(13-14-38-47-29-17-25-16-28(36(25,8)9)37(29,10)48-38)11-12-27(31(22)32(42)45-34(2,3)4)44-26-20-39(21-26)30(41)15-23-18-40(19-23)33(43)46-35(5,6)7/h11-12,23,25-26,28-29H,13-21H2,1-10H3/t25-,28-,29+,37-/m0/s1. The van der Waals surface area contributed by atoms with E-state index in [1.54, 1.807) is 9.80 Å². The van der Waals surface area contributed by atoms with Crippen LogP contribution >= 0.6 is 0 Å². The third kappa shape index (κ3) is 6.83. The van der Waals surface area contributed by atoms with E-state index >= 15 is 0 Å². The molecule has 3 aliphatic heterocycles. The van der Waals surface area contributed by atoms with Gasteiger partial charge in [0.25, 0.3) is 0 Å². The zero-order valence-corrected chi connectivity index (χ0v) is 30.6. The van der Waals surface area contributed by atoms with Gasteiger partial charge in [-0.3, -0.25) is 4.79 Å². The molecule has 0 aromatic heterocycles. The fourth-order valence-electron chi connectivity index (χ4n) is 8.48. The Hall–Kier alpha value is -2.79. The number of nitrogens with zero attached hydrogens (tertiary/aromatic N) is 2. The van der Waals surface area contributed by atoms with Gasteiger partial charge in [0.15, 0.2) is 0 Å². The van der Waals surface area contributed by atoms with E-state index in [-0.39, 0.29) is 42.8 Å². The topological polar surface area (TPSA) is 104 Å². The molecular formula is C37H55BN2O8. The van der Waals surface area contributed by atoms with Crippen molar-refractivity contribution in [1.82, 2.24) is 9.80 Å². The first-order chi connectivity index (χ1) is 22.2. The summed E-state index contributed by atoms with van der Waals surface area (Å²) < 4.78 is 30.7. The average Bonchev–Trinajstić information content (AvgIpc) is 3.25. The summed E-state index contributed by atoms with van der Waals surface area (Å²) in [6, 6.07) is 3.89. The van der Waals surface area contributed by atoms with Crippen LogP contribution in [-0.2, 0) is 30.0 Å². The molecule has 6 fully saturated rings. The fraction of sp³-hybridized carbons (Fsp3) is 0.757. The predicted octanol–water partition coefficient (Wildman–Crippen LogP) is 6.07. The first kappa shape index (κ1) is 35.1. The molecule has 0 spiro atoms. The Balaban J connectivity index is 1.04. The first-order valence-corrected chi connectivity index (χ1v) is 17.8. The van der Waals surface area contributed by atoms with Gasteiger partial charge in [-0.15, -0.1) is 0 Å². The molecule has 2 amide bonds. The van der Waals surface area contributed by atoms with Crippen LogP contribution in [0.5, 0.6) is 5.75 Å². The van der Waals surface area contributed by atoms with Gasteiger partial charge >= 0.3 is 19.2 Å². The highest BCUT2D eigenvalue weighted by Gasteiger charge is 2.67. The summed E-state index contributed by atoms with van der Waals surface area (Å²) in [4.78, 5) is 42.1. The zero-order chi connectivity index (χ0) is 35.0. The van der Waals surface area contributed by atoms with Crippen LogP contribution in [-0.4, -0.2) is 90.1 Å². The predicted molar refractivity (Wildman–Crippen MR) is 182 cm³/mol. The molecule has 2 bridgehead atoms. The summed E-state index contributed by atoms with van der Waals surface area (Å²) in [7, 11) is -0.269. The molecule has 3 heterocycles. The van der Waals surface area contributed by atoms with E-state index in [0.29, 0.717) is 73.9 Å². The highest BCUT2D eigenvalue weighted by Crippen LogP contribution is 2.65. The zero-order valence-electron chi connectivity index (χ0n) is 30.6. The Morgan fingerprint density at radius 3 is 2.23 bits per heavy atom. The van der Waals surface area contributed by atoms with Crippen LogP contribution in [0.4, 0.5) is 4.79 Å². The fourth-order valence-corrected chi connectivity index (χ4v) is 8.48. The van der Waals surface area contributed by atoms with E-state index in [1.165, 1.54) is 6.42 Å². The van der Waals surface area contributed by atoms with E-state index in [9.17, 15) is 14.4 Å². The third-order valence-electron chi connectivity index (χ3n) is 11.4. The summed E-state index contributed by atoms with van der Waals surface area (Å²) in [6.45, 7) is 22.0. The number of hydrogen-bond donors (Lipinski definition) is 0. The monoisotopic (exact) mass is 666 g/mol. The van der Waals surface area contributed by atoms with Crippen molar-refractivity contribution in [2.24, 2.45) is 23.2 Å². The van der Waals surface area contributed by atoms with Crippen LogP contribution < -0.4 is 4.74 Å². The van der Waals surface area contributed by atoms with Gasteiger partial charge in [-0.05, 0) is 115 Å². The molecule has 1 aromatic rings. The Morgan fingerprint density at radius 1 is 0.938 bits per heavy atom. The first-order valence-electron chi connectivity index (χ1n) is 17.8. The Bertz CT molecular complexity index is 1440. The molecule has 48 heavy (non-hydrogen) atoms. The average molecular weight is 667 g/mol. The summed E-state index contributed by atoms with van der Waals surface area (Å²) in [5.41, 5.74) is 1.15. The van der Waals surface area contributed by atoms with Crippen molar-refractivity contribution in [2.45, 2.75) is 130 Å². The van der Waals surface area contributed by atoms with Crippen molar-refractivity contribution >= 4 is 25.1 Å². The molecule has 7 rings (SSSR count). The molecule has 3 saturated carbocycles. The third-order valence-corrected chi connectivity index (χ3v) is 11.4. The molecule has 10 nitrogen and oxygen atoms in total. The summed E-state index contributed by atoms with van der Waals surface area (Å²) in [5, 5.41) is 0. The van der Waals surface area contributed by atoms with Gasteiger partial charge in [0.1, 0.15) is 28.6 Å². The number of esters is 1. The molecule has 3 aliphatic carbocycles. The van der Waals surface area contributed by atoms with Gasteiger partial charge < -0.3 is 33.3 Å². The Kier molecular flexibility index (Phi) is 8.92. The van der Waals surface area contributed by atoms with E-state index in [1.807, 2.05) is 60.6 Å². The van der Waals surface area contributed by atoms with Crippen LogP contribution in [0.25, 0.3) is 0 Å². The Labute approximate surface area is 286 Å². The number of amides is 2. The lowest BCUT2D eigenvalue weighted by Crippen LogP contribution is -2.65. The van der Waals surface area contributed by atoms with Crippen molar-refractivity contribution in [3.63, 3.8) is 0 Å². The highest BCUT2D eigenvalue weighted by atomic mass is 16.7. The second kappa shape index (κ2) is 12.2. The molecule has 3 saturated heterocycles. The van der Waals surface area contributed by atoms with Crippen LogP contribution in [0.2, 0.25) is 6.32 Å². The van der Waals surface area contributed by atoms with E-state index < -0.39 is 17.2 Å². The van der Waals surface area contributed by atoms with Crippen LogP contribution in [0.15, 0.2) is 12.1 Å². The van der Waals surface area contributed by atoms with Crippen LogP contribution in [0.3, 0.4) is 0 Å². The van der Waals surface area contributed by atoms with Gasteiger partial charge in [0, 0.05) is 25.4 Å². The molecule has 0 N–H and O–H groups in total. The highest BCUT2D eigenvalue weighted by molar-refractivity contribution is 6.45. The maximum absolute atomic E-state index is 13.5. The number of benzene rings is 1. The number of rotatable bonds is 8. The van der Waals surface area contributed by atoms with Gasteiger partial charge in [-0.1, -0.05) is 19.9 Å². The Morgan fingerprint density at radius 2 is 1.60 bits per heavy atom. The van der Waals surface area contributed by atoms with Gasteiger partial charge in [-0.2, -0.15) is 0 Å². The molecule has 11 heteroatoms. The number of likely N-dealkylation sites (tertiary alicyclic amines) is 2. The number of carbonyl (C=O) groups excluding carboxylic acids is 3. The molecule has 1 aromatic carbocycles. The lowest BCUT2D eigenvalue weighted by Gasteiger charge is -2.64. The molecule has 4 atom stereocenters. The molecule has 6 aliphatic rings. The smallest absolute Gasteiger partial charge is 0.457 e. The number of aryl methyl sites for hydroxylation is 1. The lowest BCUT2D eigenvalue weighted by molar-refractivity contribution is -0.199. The molecular weight excluding hydrogens is 611 g/mol. The minimum Gasteiger partial charge on any atom is -0.486 e. The van der Waals surface area contributed by atoms with Gasteiger partial charge in [-0.25, -0.2) is 9.59 Å². The minimum atomic E-state index is -0.664. The summed E-state index contributed by atoms with van der Waals surface area (Å²) in [5.74, 6) is 1.45. The van der Waals surface area contributed by atoms with Crippen molar-refractivity contribution in [2.75, 3.05) is 26.2 Å². The van der Waals surface area contributed by atoms with Crippen molar-refractivity contribution in [1.29, 1.82) is 0 Å². The van der Waals surface area contributed by atoms with E-state index in [2.05, 4.69) is 20.8 Å². The summed E-state index contributed by atoms with van der Waals surface area (Å²) >= 11 is 0. The number of hydrogen-bond acceptors (Lipinski definition) is 8. The van der Waals surface area contributed by atoms with Crippen LogP contribution in [0.1, 0.15) is 103 Å². The van der Waals surface area contributed by atoms with E-state index in [0.717, 1.165) is 17.5 Å². The summed E-state index contributed by atoms with van der Waals surface area (Å²) in [6.07, 6.45) is 3.65. The SMILES string of the molecule is Cc1c(CCB2O[C@@H]3C[C@@H]4C[C@@H](C4(C)C)[C@]3(C)O2)ccc(OC2CN(C(=O)CC3CN(C(=O)OC(C)(C)C)C3)C2)c1C(=O)OC(C)(C)C. The van der Waals surface area contributed by atoms with Crippen molar-refractivity contribution < 1.29 is 37.9 Å². The van der Waals surface area contributed by atoms with E-state index in [4.69, 9.17) is 23.5 Å². The lowest BCUT2D eigenvalue weighted by atomic mass is 9.43.